The van der Waals surface area contributed by atoms with Gasteiger partial charge in [-0.2, -0.15) is 0 Å². The first-order valence-corrected chi connectivity index (χ1v) is 4.86. The summed E-state index contributed by atoms with van der Waals surface area (Å²) in [4.78, 5) is 18.1. The van der Waals surface area contributed by atoms with Gasteiger partial charge in [0.1, 0.15) is 11.5 Å². The number of hydrogen-bond acceptors (Lipinski definition) is 2. The number of carbonyl (C=O) groups excluding carboxylic acids is 1. The van der Waals surface area contributed by atoms with Crippen LogP contribution in [0, 0.1) is 0 Å². The van der Waals surface area contributed by atoms with Crippen LogP contribution in [0.2, 0.25) is 5.02 Å². The van der Waals surface area contributed by atoms with Gasteiger partial charge in [0.2, 0.25) is 0 Å². The van der Waals surface area contributed by atoms with E-state index in [-0.39, 0.29) is 5.78 Å². The van der Waals surface area contributed by atoms with Gasteiger partial charge in [0.15, 0.2) is 5.78 Å². The molecule has 0 amide bonds. The lowest BCUT2D eigenvalue weighted by atomic mass is 10.2. The zero-order chi connectivity index (χ0) is 10.8. The minimum Gasteiger partial charge on any atom is -0.336 e. The number of rotatable bonds is 2. The molecule has 0 spiro atoms. The van der Waals surface area contributed by atoms with Crippen molar-refractivity contribution in [2.75, 3.05) is 0 Å². The first-order valence-electron chi connectivity index (χ1n) is 4.48. The molecule has 0 unspecified atom stereocenters. The van der Waals surface area contributed by atoms with Crippen molar-refractivity contribution < 1.29 is 4.79 Å². The summed E-state index contributed by atoms with van der Waals surface area (Å²) in [7, 11) is 0. The summed E-state index contributed by atoms with van der Waals surface area (Å²) in [6.07, 6.45) is 1.53. The van der Waals surface area contributed by atoms with Gasteiger partial charge in [-0.3, -0.25) is 4.79 Å². The maximum absolute atomic E-state index is 11.1. The van der Waals surface area contributed by atoms with E-state index in [2.05, 4.69) is 9.97 Å². The monoisotopic (exact) mass is 220 g/mol. The molecular weight excluding hydrogens is 212 g/mol. The molecule has 0 bridgehead atoms. The molecular formula is C11H9ClN2O. The predicted octanol–water partition coefficient (Wildman–Crippen LogP) is 2.93. The number of aromatic amines is 1. The Morgan fingerprint density at radius 1 is 1.33 bits per heavy atom. The van der Waals surface area contributed by atoms with E-state index in [1.54, 1.807) is 12.1 Å². The third-order valence-electron chi connectivity index (χ3n) is 2.07. The summed E-state index contributed by atoms with van der Waals surface area (Å²) in [5, 5.41) is 0.678. The summed E-state index contributed by atoms with van der Waals surface area (Å²) >= 11 is 5.77. The summed E-state index contributed by atoms with van der Waals surface area (Å²) in [5.41, 5.74) is 1.42. The molecule has 0 aliphatic rings. The fourth-order valence-corrected chi connectivity index (χ4v) is 1.38. The quantitative estimate of drug-likeness (QED) is 0.791. The Morgan fingerprint density at radius 2 is 2.00 bits per heavy atom. The molecule has 1 heterocycles. The van der Waals surface area contributed by atoms with Crippen LogP contribution >= 0.6 is 11.6 Å². The number of ketones is 1. The fourth-order valence-electron chi connectivity index (χ4n) is 1.25. The molecule has 0 fully saturated rings. The number of H-pyrrole nitrogens is 1. The van der Waals surface area contributed by atoms with E-state index in [0.29, 0.717) is 16.5 Å². The molecule has 1 aromatic heterocycles. The maximum Gasteiger partial charge on any atom is 0.177 e. The summed E-state index contributed by atoms with van der Waals surface area (Å²) < 4.78 is 0. The molecule has 0 aliphatic heterocycles. The highest BCUT2D eigenvalue weighted by atomic mass is 35.5. The topological polar surface area (TPSA) is 45.8 Å². The number of nitrogens with zero attached hydrogens (tertiary/aromatic N) is 1. The first kappa shape index (κ1) is 9.93. The van der Waals surface area contributed by atoms with Crippen LogP contribution in [-0.2, 0) is 0 Å². The highest BCUT2D eigenvalue weighted by Gasteiger charge is 2.05. The highest BCUT2D eigenvalue weighted by molar-refractivity contribution is 6.30. The Hall–Kier alpha value is -1.61. The normalized spacial score (nSPS) is 10.3. The number of Topliss-reactive ketones (excluding diaryl/α,β-unsaturated/α-hetero) is 1. The molecule has 1 N–H and O–H groups in total. The number of aromatic nitrogens is 2. The van der Waals surface area contributed by atoms with E-state index in [9.17, 15) is 4.79 Å². The number of benzene rings is 1. The van der Waals surface area contributed by atoms with Crippen LogP contribution in [0.3, 0.4) is 0 Å². The van der Waals surface area contributed by atoms with Crippen molar-refractivity contribution in [1.29, 1.82) is 0 Å². The van der Waals surface area contributed by atoms with Crippen LogP contribution in [0.15, 0.2) is 30.5 Å². The minimum atomic E-state index is -0.0253. The van der Waals surface area contributed by atoms with Gasteiger partial charge in [-0.15, -0.1) is 0 Å². The molecule has 3 nitrogen and oxygen atoms in total. The second kappa shape index (κ2) is 3.87. The third kappa shape index (κ3) is 2.07. The molecule has 15 heavy (non-hydrogen) atoms. The molecule has 0 radical (unpaired) electrons. The van der Waals surface area contributed by atoms with E-state index >= 15 is 0 Å². The van der Waals surface area contributed by atoms with Gasteiger partial charge in [-0.1, -0.05) is 11.6 Å². The molecule has 0 atom stereocenters. The highest BCUT2D eigenvalue weighted by Crippen LogP contribution is 2.18. The van der Waals surface area contributed by atoms with E-state index in [0.717, 1.165) is 5.56 Å². The Kier molecular flexibility index (Phi) is 2.56. The Labute approximate surface area is 92.1 Å². The molecule has 76 valence electrons. The SMILES string of the molecule is CC(=O)c1cnc(-c2ccc(Cl)cc2)[nH]1. The summed E-state index contributed by atoms with van der Waals surface area (Å²) in [5.74, 6) is 0.652. The van der Waals surface area contributed by atoms with Crippen molar-refractivity contribution in [2.45, 2.75) is 6.92 Å². The van der Waals surface area contributed by atoms with Crippen LogP contribution in [-0.4, -0.2) is 15.8 Å². The lowest BCUT2D eigenvalue weighted by Gasteiger charge is -1.96. The van der Waals surface area contributed by atoms with Crippen LogP contribution in [0.5, 0.6) is 0 Å². The van der Waals surface area contributed by atoms with Crippen molar-refractivity contribution in [3.63, 3.8) is 0 Å². The van der Waals surface area contributed by atoms with Crippen molar-refractivity contribution in [2.24, 2.45) is 0 Å². The van der Waals surface area contributed by atoms with Gasteiger partial charge in [0, 0.05) is 17.5 Å². The Morgan fingerprint density at radius 3 is 2.53 bits per heavy atom. The molecule has 0 saturated heterocycles. The summed E-state index contributed by atoms with van der Waals surface area (Å²) in [6.45, 7) is 1.50. The number of hydrogen-bond donors (Lipinski definition) is 1. The van der Waals surface area contributed by atoms with E-state index < -0.39 is 0 Å². The van der Waals surface area contributed by atoms with Gasteiger partial charge in [-0.05, 0) is 24.3 Å². The number of imidazole rings is 1. The second-order valence-corrected chi connectivity index (χ2v) is 3.64. The van der Waals surface area contributed by atoms with Gasteiger partial charge >= 0.3 is 0 Å². The molecule has 2 rings (SSSR count). The summed E-state index contributed by atoms with van der Waals surface area (Å²) in [6, 6.07) is 7.27. The van der Waals surface area contributed by atoms with Crippen molar-refractivity contribution >= 4 is 17.4 Å². The van der Waals surface area contributed by atoms with Gasteiger partial charge < -0.3 is 4.98 Å². The van der Waals surface area contributed by atoms with Crippen LogP contribution in [0.4, 0.5) is 0 Å². The Bertz CT molecular complexity index is 488. The lowest BCUT2D eigenvalue weighted by molar-refractivity contribution is 0.101. The van der Waals surface area contributed by atoms with E-state index in [4.69, 9.17) is 11.6 Å². The van der Waals surface area contributed by atoms with E-state index in [1.165, 1.54) is 13.1 Å². The van der Waals surface area contributed by atoms with Crippen molar-refractivity contribution in [1.82, 2.24) is 9.97 Å². The number of carbonyl (C=O) groups is 1. The van der Waals surface area contributed by atoms with Crippen LogP contribution in [0.1, 0.15) is 17.4 Å². The molecule has 0 saturated carbocycles. The van der Waals surface area contributed by atoms with Gasteiger partial charge in [0.25, 0.3) is 0 Å². The average Bonchev–Trinajstić information content (AvgIpc) is 2.68. The molecule has 2 aromatic rings. The zero-order valence-corrected chi connectivity index (χ0v) is 8.88. The van der Waals surface area contributed by atoms with Gasteiger partial charge in [-0.25, -0.2) is 4.98 Å². The molecule has 0 aliphatic carbocycles. The van der Waals surface area contributed by atoms with Crippen molar-refractivity contribution in [3.8, 4) is 11.4 Å². The second-order valence-electron chi connectivity index (χ2n) is 3.21. The average molecular weight is 221 g/mol. The van der Waals surface area contributed by atoms with Crippen molar-refractivity contribution in [3.05, 3.63) is 41.2 Å². The third-order valence-corrected chi connectivity index (χ3v) is 2.32. The Balaban J connectivity index is 2.37. The number of halogens is 1. The van der Waals surface area contributed by atoms with Gasteiger partial charge in [0.05, 0.1) is 6.20 Å². The first-order chi connectivity index (χ1) is 7.16. The largest absolute Gasteiger partial charge is 0.336 e. The standard InChI is InChI=1S/C11H9ClN2O/c1-7(15)10-6-13-11(14-10)8-2-4-9(12)5-3-8/h2-6H,1H3,(H,13,14). The lowest BCUT2D eigenvalue weighted by Crippen LogP contribution is -1.91. The van der Waals surface area contributed by atoms with Crippen LogP contribution in [0.25, 0.3) is 11.4 Å². The minimum absolute atomic E-state index is 0.0253. The fraction of sp³-hybridized carbons (Fsp3) is 0.0909. The molecule has 1 aromatic carbocycles. The predicted molar refractivity (Wildman–Crippen MR) is 59.0 cm³/mol. The van der Waals surface area contributed by atoms with Crippen LogP contribution < -0.4 is 0 Å². The maximum atomic E-state index is 11.1. The van der Waals surface area contributed by atoms with E-state index in [1.807, 2.05) is 12.1 Å². The zero-order valence-electron chi connectivity index (χ0n) is 8.12. The smallest absolute Gasteiger partial charge is 0.177 e. The molecule has 4 heteroatoms. The number of nitrogens with one attached hydrogen (secondary N) is 1.